The number of hydrogen-bond donors (Lipinski definition) is 0. The lowest BCUT2D eigenvalue weighted by Gasteiger charge is -2.25. The molecule has 0 aliphatic carbocycles. The first-order valence-electron chi connectivity index (χ1n) is 9.79. The van der Waals surface area contributed by atoms with E-state index in [4.69, 9.17) is 23.2 Å². The molecule has 0 atom stereocenters. The maximum absolute atomic E-state index is 13.6. The van der Waals surface area contributed by atoms with Crippen LogP contribution in [0.4, 0.5) is 5.69 Å². The molecule has 1 aliphatic heterocycles. The van der Waals surface area contributed by atoms with Gasteiger partial charge in [-0.3, -0.25) is 19.5 Å². The van der Waals surface area contributed by atoms with Crippen LogP contribution in [0.5, 0.6) is 0 Å². The van der Waals surface area contributed by atoms with Crippen LogP contribution in [0.25, 0.3) is 5.57 Å². The third-order valence-electron chi connectivity index (χ3n) is 5.04. The van der Waals surface area contributed by atoms with Crippen molar-refractivity contribution in [2.45, 2.75) is 13.5 Å². The van der Waals surface area contributed by atoms with E-state index in [0.717, 1.165) is 5.69 Å². The Hall–Kier alpha value is -3.15. The van der Waals surface area contributed by atoms with Gasteiger partial charge in [-0.25, -0.2) is 0 Å². The number of rotatable bonds is 6. The lowest BCUT2D eigenvalue weighted by Crippen LogP contribution is -2.35. The Morgan fingerprint density at radius 1 is 0.935 bits per heavy atom. The molecule has 0 saturated heterocycles. The number of pyridine rings is 1. The molecule has 2 heterocycles. The molecule has 2 amide bonds. The topological polar surface area (TPSA) is 53.5 Å². The van der Waals surface area contributed by atoms with Gasteiger partial charge in [0.1, 0.15) is 5.70 Å². The number of nitrogens with zero attached hydrogens (tertiary/aromatic N) is 3. The van der Waals surface area contributed by atoms with Crippen molar-refractivity contribution in [3.63, 3.8) is 0 Å². The number of benzene rings is 2. The van der Waals surface area contributed by atoms with Gasteiger partial charge in [-0.15, -0.1) is 0 Å². The molecule has 0 N–H and O–H groups in total. The Bertz CT molecular complexity index is 1160. The molecule has 0 saturated carbocycles. The molecule has 156 valence electrons. The van der Waals surface area contributed by atoms with Crippen molar-refractivity contribution in [2.75, 3.05) is 11.4 Å². The highest BCUT2D eigenvalue weighted by Crippen LogP contribution is 2.38. The molecular weight excluding hydrogens is 433 g/mol. The summed E-state index contributed by atoms with van der Waals surface area (Å²) in [5.74, 6) is -0.799. The van der Waals surface area contributed by atoms with Gasteiger partial charge < -0.3 is 4.90 Å². The number of likely N-dealkylation sites (N-methyl/N-ethyl adjacent to an activating group) is 1. The van der Waals surface area contributed by atoms with Gasteiger partial charge in [0.05, 0.1) is 22.8 Å². The third kappa shape index (κ3) is 4.07. The average Bonchev–Trinajstić information content (AvgIpc) is 3.01. The quantitative estimate of drug-likeness (QED) is 0.483. The Kier molecular flexibility index (Phi) is 6.07. The molecule has 1 aliphatic rings. The molecule has 0 fully saturated rings. The first-order valence-corrected chi connectivity index (χ1v) is 10.5. The van der Waals surface area contributed by atoms with Crippen molar-refractivity contribution in [3.05, 3.63) is 99.9 Å². The molecule has 0 radical (unpaired) electrons. The Morgan fingerprint density at radius 2 is 1.68 bits per heavy atom. The largest absolute Gasteiger partial charge is 0.337 e. The number of amides is 2. The lowest BCUT2D eigenvalue weighted by molar-refractivity contribution is -0.137. The first kappa shape index (κ1) is 21.1. The zero-order valence-electron chi connectivity index (χ0n) is 16.8. The number of imide groups is 1. The minimum absolute atomic E-state index is 0.0725. The van der Waals surface area contributed by atoms with Crippen LogP contribution < -0.4 is 4.90 Å². The van der Waals surface area contributed by atoms with Gasteiger partial charge in [0.2, 0.25) is 0 Å². The molecule has 4 rings (SSSR count). The smallest absolute Gasteiger partial charge is 0.278 e. The molecule has 0 unspecified atom stereocenters. The molecule has 5 nitrogen and oxygen atoms in total. The minimum Gasteiger partial charge on any atom is -0.337 e. The fourth-order valence-corrected chi connectivity index (χ4v) is 4.13. The first-order chi connectivity index (χ1) is 15.0. The van der Waals surface area contributed by atoms with Crippen molar-refractivity contribution in [1.29, 1.82) is 0 Å². The Labute approximate surface area is 190 Å². The van der Waals surface area contributed by atoms with Crippen LogP contribution in [0.2, 0.25) is 10.0 Å². The maximum atomic E-state index is 13.6. The maximum Gasteiger partial charge on any atom is 0.278 e. The van der Waals surface area contributed by atoms with Crippen LogP contribution in [0.3, 0.4) is 0 Å². The molecular formula is C24H19Cl2N3O2. The van der Waals surface area contributed by atoms with Crippen molar-refractivity contribution in [3.8, 4) is 0 Å². The fraction of sp³-hybridized carbons (Fsp3) is 0.125. The van der Waals surface area contributed by atoms with Crippen molar-refractivity contribution in [1.82, 2.24) is 9.88 Å². The van der Waals surface area contributed by atoms with Crippen LogP contribution in [-0.4, -0.2) is 28.2 Å². The molecule has 2 aromatic carbocycles. The zero-order chi connectivity index (χ0) is 22.0. The van der Waals surface area contributed by atoms with Gasteiger partial charge in [0.15, 0.2) is 0 Å². The van der Waals surface area contributed by atoms with Gasteiger partial charge in [0.25, 0.3) is 11.8 Å². The average molecular weight is 452 g/mol. The summed E-state index contributed by atoms with van der Waals surface area (Å²) in [6.07, 6.45) is 1.63. The van der Waals surface area contributed by atoms with E-state index < -0.39 is 5.91 Å². The van der Waals surface area contributed by atoms with Crippen molar-refractivity contribution < 1.29 is 9.59 Å². The number of halogens is 2. The molecule has 7 heteroatoms. The van der Waals surface area contributed by atoms with E-state index in [-0.39, 0.29) is 18.0 Å². The summed E-state index contributed by atoms with van der Waals surface area (Å²) in [6, 6.07) is 19.8. The van der Waals surface area contributed by atoms with Gasteiger partial charge in [-0.1, -0.05) is 53.5 Å². The number of hydrogen-bond acceptors (Lipinski definition) is 4. The molecule has 0 spiro atoms. The standard InChI is InChI=1S/C24H19Cl2N3O2/c1-2-28(18-9-4-3-5-10-18)22-21(19-12-11-16(25)14-20(19)26)23(30)29(24(22)31)15-17-8-6-7-13-27-17/h3-14H,2,15H2,1H3. The van der Waals surface area contributed by atoms with Gasteiger partial charge in [-0.05, 0) is 43.3 Å². The highest BCUT2D eigenvalue weighted by molar-refractivity contribution is 6.41. The van der Waals surface area contributed by atoms with E-state index in [9.17, 15) is 9.59 Å². The summed E-state index contributed by atoms with van der Waals surface area (Å²) in [5.41, 5.74) is 2.45. The van der Waals surface area contributed by atoms with E-state index in [0.29, 0.717) is 33.5 Å². The second-order valence-electron chi connectivity index (χ2n) is 6.95. The van der Waals surface area contributed by atoms with E-state index >= 15 is 0 Å². The Balaban J connectivity index is 1.86. The summed E-state index contributed by atoms with van der Waals surface area (Å²) in [4.78, 5) is 34.4. The fourth-order valence-electron chi connectivity index (χ4n) is 3.62. The number of carbonyl (C=O) groups excluding carboxylic acids is 2. The van der Waals surface area contributed by atoms with E-state index in [2.05, 4.69) is 4.98 Å². The van der Waals surface area contributed by atoms with Crippen LogP contribution >= 0.6 is 23.2 Å². The third-order valence-corrected chi connectivity index (χ3v) is 5.59. The van der Waals surface area contributed by atoms with Crippen molar-refractivity contribution >= 4 is 46.3 Å². The molecule has 31 heavy (non-hydrogen) atoms. The summed E-state index contributed by atoms with van der Waals surface area (Å²) >= 11 is 12.5. The zero-order valence-corrected chi connectivity index (χ0v) is 18.3. The lowest BCUT2D eigenvalue weighted by atomic mass is 10.0. The summed E-state index contributed by atoms with van der Waals surface area (Å²) < 4.78 is 0. The second kappa shape index (κ2) is 8.92. The van der Waals surface area contributed by atoms with E-state index in [1.54, 1.807) is 36.5 Å². The SMILES string of the molecule is CCN(C1=C(c2ccc(Cl)cc2Cl)C(=O)N(Cc2ccccn2)C1=O)c1ccccc1. The Morgan fingerprint density at radius 3 is 2.32 bits per heavy atom. The highest BCUT2D eigenvalue weighted by Gasteiger charge is 2.42. The molecule has 0 bridgehead atoms. The predicted molar refractivity (Wildman–Crippen MR) is 123 cm³/mol. The summed E-state index contributed by atoms with van der Waals surface area (Å²) in [6.45, 7) is 2.49. The minimum atomic E-state index is -0.413. The molecule has 1 aromatic heterocycles. The van der Waals surface area contributed by atoms with Gasteiger partial charge >= 0.3 is 0 Å². The summed E-state index contributed by atoms with van der Waals surface area (Å²) in [7, 11) is 0. The monoisotopic (exact) mass is 451 g/mol. The van der Waals surface area contributed by atoms with Crippen molar-refractivity contribution in [2.24, 2.45) is 0 Å². The van der Waals surface area contributed by atoms with Crippen LogP contribution in [0.1, 0.15) is 18.2 Å². The molecule has 3 aromatic rings. The van der Waals surface area contributed by atoms with Gasteiger partial charge in [-0.2, -0.15) is 0 Å². The number of para-hydroxylation sites is 1. The highest BCUT2D eigenvalue weighted by atomic mass is 35.5. The van der Waals surface area contributed by atoms with Crippen LogP contribution in [0.15, 0.2) is 78.6 Å². The van der Waals surface area contributed by atoms with E-state index in [1.807, 2.05) is 48.2 Å². The van der Waals surface area contributed by atoms with Crippen LogP contribution in [0, 0.1) is 0 Å². The second-order valence-corrected chi connectivity index (χ2v) is 7.79. The van der Waals surface area contributed by atoms with Crippen LogP contribution in [-0.2, 0) is 16.1 Å². The summed E-state index contributed by atoms with van der Waals surface area (Å²) in [5, 5.41) is 0.762. The van der Waals surface area contributed by atoms with Gasteiger partial charge in [0, 0.05) is 29.0 Å². The number of aromatic nitrogens is 1. The van der Waals surface area contributed by atoms with E-state index in [1.165, 1.54) is 4.90 Å². The normalized spacial score (nSPS) is 13.8. The number of carbonyl (C=O) groups is 2. The predicted octanol–water partition coefficient (Wildman–Crippen LogP) is 5.20. The number of anilines is 1.